The maximum absolute atomic E-state index is 5.26. The topological polar surface area (TPSA) is 9.23 Å². The van der Waals surface area contributed by atoms with Crippen LogP contribution in [0.3, 0.4) is 0 Å². The van der Waals surface area contributed by atoms with Crippen LogP contribution in [0.5, 0.6) is 5.75 Å². The zero-order chi connectivity index (χ0) is 17.5. The molecule has 3 rings (SSSR count). The van der Waals surface area contributed by atoms with Crippen molar-refractivity contribution >= 4 is 0 Å². The predicted octanol–water partition coefficient (Wildman–Crippen LogP) is 6.91. The Morgan fingerprint density at radius 3 is 2.28 bits per heavy atom. The third-order valence-corrected chi connectivity index (χ3v) is 6.16. The molecular formula is C24H34O. The van der Waals surface area contributed by atoms with Crippen LogP contribution >= 0.6 is 0 Å². The lowest BCUT2D eigenvalue weighted by atomic mass is 9.79. The van der Waals surface area contributed by atoms with Crippen molar-refractivity contribution in [3.8, 4) is 5.75 Å². The summed E-state index contributed by atoms with van der Waals surface area (Å²) in [5, 5.41) is 0. The van der Waals surface area contributed by atoms with Gasteiger partial charge in [-0.05, 0) is 74.0 Å². The predicted molar refractivity (Wildman–Crippen MR) is 107 cm³/mol. The molecule has 1 aromatic rings. The largest absolute Gasteiger partial charge is 0.497 e. The lowest BCUT2D eigenvalue weighted by molar-refractivity contribution is 0.293. The highest BCUT2D eigenvalue weighted by Crippen LogP contribution is 2.34. The van der Waals surface area contributed by atoms with E-state index in [4.69, 9.17) is 4.74 Å². The van der Waals surface area contributed by atoms with E-state index >= 15 is 0 Å². The highest BCUT2D eigenvalue weighted by molar-refractivity contribution is 5.32. The molecule has 2 aliphatic rings. The molecule has 1 nitrogen and oxygen atoms in total. The van der Waals surface area contributed by atoms with E-state index in [9.17, 15) is 0 Å². The van der Waals surface area contributed by atoms with Crippen LogP contribution in [0.25, 0.3) is 0 Å². The summed E-state index contributed by atoms with van der Waals surface area (Å²) in [4.78, 5) is 0. The first-order valence-electron chi connectivity index (χ1n) is 10.3. The normalized spacial score (nSPS) is 29.8. The van der Waals surface area contributed by atoms with Gasteiger partial charge in [-0.1, -0.05) is 56.2 Å². The third kappa shape index (κ3) is 5.23. The molecule has 1 saturated carbocycles. The number of hydrogen-bond donors (Lipinski definition) is 0. The van der Waals surface area contributed by atoms with E-state index in [2.05, 4.69) is 55.5 Å². The summed E-state index contributed by atoms with van der Waals surface area (Å²) in [5.41, 5.74) is 1.41. The summed E-state index contributed by atoms with van der Waals surface area (Å²) < 4.78 is 5.26. The summed E-state index contributed by atoms with van der Waals surface area (Å²) in [7, 11) is 1.72. The first-order chi connectivity index (χ1) is 12.3. The molecule has 1 heteroatoms. The molecule has 0 N–H and O–H groups in total. The average molecular weight is 339 g/mol. The second-order valence-electron chi connectivity index (χ2n) is 7.96. The number of allylic oxidation sites excluding steroid dienone is 4. The van der Waals surface area contributed by atoms with Crippen LogP contribution in [0.2, 0.25) is 0 Å². The molecule has 0 bridgehead atoms. The molecule has 0 amide bonds. The lowest BCUT2D eigenvalue weighted by Gasteiger charge is -2.27. The van der Waals surface area contributed by atoms with Gasteiger partial charge in [0.2, 0.25) is 0 Å². The highest BCUT2D eigenvalue weighted by Gasteiger charge is 2.20. The van der Waals surface area contributed by atoms with E-state index in [-0.39, 0.29) is 0 Å². The summed E-state index contributed by atoms with van der Waals surface area (Å²) in [5.74, 6) is 4.00. The van der Waals surface area contributed by atoms with Crippen LogP contribution in [-0.4, -0.2) is 7.11 Å². The minimum absolute atomic E-state index is 0.569. The van der Waals surface area contributed by atoms with Gasteiger partial charge in [0.15, 0.2) is 0 Å². The Bertz CT molecular complexity index is 560. The zero-order valence-corrected chi connectivity index (χ0v) is 16.0. The van der Waals surface area contributed by atoms with Gasteiger partial charge in [-0.3, -0.25) is 0 Å². The second-order valence-corrected chi connectivity index (χ2v) is 7.96. The summed E-state index contributed by atoms with van der Waals surface area (Å²) in [6.07, 6.45) is 20.9. The molecule has 0 saturated heterocycles. The van der Waals surface area contributed by atoms with Crippen LogP contribution in [0.1, 0.15) is 69.8 Å². The van der Waals surface area contributed by atoms with Gasteiger partial charge in [0.25, 0.3) is 0 Å². The van der Waals surface area contributed by atoms with Crippen molar-refractivity contribution in [3.63, 3.8) is 0 Å². The Balaban J connectivity index is 1.47. The van der Waals surface area contributed by atoms with E-state index in [0.29, 0.717) is 11.8 Å². The highest BCUT2D eigenvalue weighted by atomic mass is 16.5. The molecule has 0 aliphatic heterocycles. The fourth-order valence-electron chi connectivity index (χ4n) is 4.51. The molecule has 1 fully saturated rings. The van der Waals surface area contributed by atoms with E-state index in [1.807, 2.05) is 0 Å². The van der Waals surface area contributed by atoms with Crippen molar-refractivity contribution in [3.05, 3.63) is 54.1 Å². The van der Waals surface area contributed by atoms with E-state index in [1.165, 1.54) is 56.9 Å². The average Bonchev–Trinajstić information content (AvgIpc) is 2.68. The second kappa shape index (κ2) is 9.27. The van der Waals surface area contributed by atoms with Gasteiger partial charge in [0.1, 0.15) is 5.75 Å². The maximum atomic E-state index is 5.26. The van der Waals surface area contributed by atoms with Crippen molar-refractivity contribution in [1.82, 2.24) is 0 Å². The molecule has 2 unspecified atom stereocenters. The standard InChI is InChI=1S/C24H34O/c1-3-4-19-5-7-20(8-6-19)9-10-21-11-13-22(14-12-21)23-15-17-24(25-2)18-16-23/h9-11,13,15-22H,3-8,12,14H2,1-2H3/b10-9+. The lowest BCUT2D eigenvalue weighted by Crippen LogP contribution is -2.13. The Kier molecular flexibility index (Phi) is 6.78. The van der Waals surface area contributed by atoms with Gasteiger partial charge in [0, 0.05) is 5.92 Å². The molecule has 0 spiro atoms. The molecule has 25 heavy (non-hydrogen) atoms. The Hall–Kier alpha value is -1.50. The number of ether oxygens (including phenoxy) is 1. The van der Waals surface area contributed by atoms with Crippen LogP contribution in [0, 0.1) is 17.8 Å². The van der Waals surface area contributed by atoms with E-state index in [1.54, 1.807) is 7.11 Å². The molecule has 2 aliphatic carbocycles. The van der Waals surface area contributed by atoms with E-state index < -0.39 is 0 Å². The smallest absolute Gasteiger partial charge is 0.118 e. The first-order valence-corrected chi connectivity index (χ1v) is 10.3. The monoisotopic (exact) mass is 338 g/mol. The fourth-order valence-corrected chi connectivity index (χ4v) is 4.51. The summed E-state index contributed by atoms with van der Waals surface area (Å²) >= 11 is 0. The quantitative estimate of drug-likeness (QED) is 0.512. The van der Waals surface area contributed by atoms with Gasteiger partial charge < -0.3 is 4.74 Å². The van der Waals surface area contributed by atoms with Gasteiger partial charge in [-0.2, -0.15) is 0 Å². The minimum Gasteiger partial charge on any atom is -0.497 e. The van der Waals surface area contributed by atoms with Crippen LogP contribution < -0.4 is 4.74 Å². The number of hydrogen-bond acceptors (Lipinski definition) is 1. The summed E-state index contributed by atoms with van der Waals surface area (Å²) in [6.45, 7) is 2.32. The Morgan fingerprint density at radius 1 is 0.920 bits per heavy atom. The van der Waals surface area contributed by atoms with E-state index in [0.717, 1.165) is 17.6 Å². The van der Waals surface area contributed by atoms with Gasteiger partial charge in [0.05, 0.1) is 7.11 Å². The van der Waals surface area contributed by atoms with Crippen LogP contribution in [0.15, 0.2) is 48.6 Å². The first kappa shape index (κ1) is 18.3. The number of methoxy groups -OCH3 is 1. The van der Waals surface area contributed by atoms with Gasteiger partial charge >= 0.3 is 0 Å². The molecular weight excluding hydrogens is 304 g/mol. The number of rotatable bonds is 6. The molecule has 0 aromatic heterocycles. The Labute approximate surface area is 154 Å². The number of benzene rings is 1. The van der Waals surface area contributed by atoms with Crippen molar-refractivity contribution in [2.24, 2.45) is 17.8 Å². The van der Waals surface area contributed by atoms with Gasteiger partial charge in [-0.25, -0.2) is 0 Å². The SMILES string of the molecule is CCCC1CCC(/C=C/C2C=CC(c3ccc(OC)cc3)CC2)CC1. The Morgan fingerprint density at radius 2 is 1.68 bits per heavy atom. The minimum atomic E-state index is 0.569. The fraction of sp³-hybridized carbons (Fsp3) is 0.583. The summed E-state index contributed by atoms with van der Waals surface area (Å²) in [6, 6.07) is 8.56. The van der Waals surface area contributed by atoms with Crippen molar-refractivity contribution in [2.45, 2.75) is 64.2 Å². The van der Waals surface area contributed by atoms with Crippen molar-refractivity contribution in [1.29, 1.82) is 0 Å². The van der Waals surface area contributed by atoms with Crippen LogP contribution in [0.4, 0.5) is 0 Å². The maximum Gasteiger partial charge on any atom is 0.118 e. The molecule has 0 radical (unpaired) electrons. The van der Waals surface area contributed by atoms with Crippen molar-refractivity contribution < 1.29 is 4.74 Å². The molecule has 1 aromatic carbocycles. The zero-order valence-electron chi connectivity index (χ0n) is 16.0. The van der Waals surface area contributed by atoms with Crippen molar-refractivity contribution in [2.75, 3.05) is 7.11 Å². The molecule has 136 valence electrons. The van der Waals surface area contributed by atoms with Gasteiger partial charge in [-0.15, -0.1) is 0 Å². The third-order valence-electron chi connectivity index (χ3n) is 6.16. The van der Waals surface area contributed by atoms with Crippen LogP contribution in [-0.2, 0) is 0 Å². The molecule has 2 atom stereocenters. The molecule has 0 heterocycles.